The van der Waals surface area contributed by atoms with Crippen LogP contribution in [0.1, 0.15) is 22.8 Å². The average molecular weight is 412 g/mol. The fourth-order valence-electron chi connectivity index (χ4n) is 2.44. The number of nitro benzene ring substituents is 1. The molecule has 0 heterocycles. The summed E-state index contributed by atoms with van der Waals surface area (Å²) in [7, 11) is 1.51. The van der Waals surface area contributed by atoms with Crippen LogP contribution in [0.5, 0.6) is 0 Å². The van der Waals surface area contributed by atoms with Crippen molar-refractivity contribution < 1.29 is 24.0 Å². The molecule has 10 heteroatoms. The van der Waals surface area contributed by atoms with E-state index >= 15 is 0 Å². The average Bonchev–Trinajstić information content (AvgIpc) is 2.73. The van der Waals surface area contributed by atoms with Crippen molar-refractivity contribution in [2.45, 2.75) is 13.0 Å². The summed E-state index contributed by atoms with van der Waals surface area (Å²) in [6.45, 7) is 2.09. The van der Waals surface area contributed by atoms with Crippen molar-refractivity contribution >= 4 is 28.9 Å². The maximum Gasteiger partial charge on any atom is 0.341 e. The van der Waals surface area contributed by atoms with Gasteiger partial charge in [0, 0.05) is 37.2 Å². The van der Waals surface area contributed by atoms with Gasteiger partial charge in [0.05, 0.1) is 28.7 Å². The third-order valence-electron chi connectivity index (χ3n) is 3.97. The molecule has 30 heavy (non-hydrogen) atoms. The SMILES string of the molecule is COCCNc1ccc([N+](=O)[O-])cc1C(=O)O[C@H](C)C(=O)Nc1cccc(C#N)c1. The number of nitrogens with one attached hydrogen (secondary N) is 2. The van der Waals surface area contributed by atoms with E-state index in [1.807, 2.05) is 6.07 Å². The van der Waals surface area contributed by atoms with Crippen molar-refractivity contribution in [1.29, 1.82) is 5.26 Å². The fourth-order valence-corrected chi connectivity index (χ4v) is 2.44. The van der Waals surface area contributed by atoms with Gasteiger partial charge in [0.15, 0.2) is 6.10 Å². The first-order valence-electron chi connectivity index (χ1n) is 8.89. The molecule has 1 atom stereocenters. The summed E-state index contributed by atoms with van der Waals surface area (Å²) in [6, 6.07) is 11.9. The molecule has 0 unspecified atom stereocenters. The Morgan fingerprint density at radius 1 is 1.27 bits per heavy atom. The molecule has 2 aromatic carbocycles. The number of anilines is 2. The lowest BCUT2D eigenvalue weighted by Gasteiger charge is -2.16. The molecular weight excluding hydrogens is 392 g/mol. The van der Waals surface area contributed by atoms with Crippen LogP contribution in [0.4, 0.5) is 17.1 Å². The minimum atomic E-state index is -1.19. The van der Waals surface area contributed by atoms with Gasteiger partial charge < -0.3 is 20.1 Å². The lowest BCUT2D eigenvalue weighted by molar-refractivity contribution is -0.384. The minimum absolute atomic E-state index is 0.0774. The van der Waals surface area contributed by atoms with E-state index < -0.39 is 22.9 Å². The predicted octanol–water partition coefficient (Wildman–Crippen LogP) is 2.71. The first kappa shape index (κ1) is 22.3. The zero-order chi connectivity index (χ0) is 22.1. The van der Waals surface area contributed by atoms with Gasteiger partial charge in [0.2, 0.25) is 0 Å². The lowest BCUT2D eigenvalue weighted by atomic mass is 10.1. The van der Waals surface area contributed by atoms with Gasteiger partial charge in [-0.1, -0.05) is 6.07 Å². The van der Waals surface area contributed by atoms with Crippen LogP contribution in [0.3, 0.4) is 0 Å². The van der Waals surface area contributed by atoms with Crippen LogP contribution in [0.15, 0.2) is 42.5 Å². The predicted molar refractivity (Wildman–Crippen MR) is 108 cm³/mol. The topological polar surface area (TPSA) is 144 Å². The molecule has 1 amide bonds. The number of nitriles is 1. The second-order valence-corrected chi connectivity index (χ2v) is 6.14. The summed E-state index contributed by atoms with van der Waals surface area (Å²) in [5.41, 5.74) is 0.688. The number of methoxy groups -OCH3 is 1. The van der Waals surface area contributed by atoms with Gasteiger partial charge in [-0.25, -0.2) is 4.79 Å². The molecule has 0 bridgehead atoms. The molecule has 2 rings (SSSR count). The maximum absolute atomic E-state index is 12.6. The zero-order valence-electron chi connectivity index (χ0n) is 16.4. The zero-order valence-corrected chi connectivity index (χ0v) is 16.4. The standard InChI is InChI=1S/C20H20N4O6/c1-13(19(25)23-15-5-3-4-14(10-15)12-21)30-20(26)17-11-16(24(27)28)6-7-18(17)22-8-9-29-2/h3-7,10-11,13,22H,8-9H2,1-2H3,(H,23,25)/t13-/m1/s1. The first-order valence-corrected chi connectivity index (χ1v) is 8.89. The van der Waals surface area contributed by atoms with E-state index in [2.05, 4.69) is 10.6 Å². The van der Waals surface area contributed by atoms with Crippen molar-refractivity contribution in [2.24, 2.45) is 0 Å². The molecule has 2 aromatic rings. The molecule has 0 saturated carbocycles. The lowest BCUT2D eigenvalue weighted by Crippen LogP contribution is -2.30. The van der Waals surface area contributed by atoms with Gasteiger partial charge in [0.1, 0.15) is 0 Å². The molecule has 0 fully saturated rings. The highest BCUT2D eigenvalue weighted by Crippen LogP contribution is 2.23. The summed E-state index contributed by atoms with van der Waals surface area (Å²) >= 11 is 0. The van der Waals surface area contributed by atoms with Crippen LogP contribution in [0.25, 0.3) is 0 Å². The molecule has 0 aromatic heterocycles. The second kappa shape index (κ2) is 10.5. The number of hydrogen-bond donors (Lipinski definition) is 2. The molecule has 0 radical (unpaired) electrons. The summed E-state index contributed by atoms with van der Waals surface area (Å²) in [6.07, 6.45) is -1.19. The molecular formula is C20H20N4O6. The van der Waals surface area contributed by atoms with Gasteiger partial charge >= 0.3 is 5.97 Å². The van der Waals surface area contributed by atoms with Crippen LogP contribution in [-0.4, -0.2) is 43.2 Å². The Morgan fingerprint density at radius 2 is 2.03 bits per heavy atom. The number of nitro groups is 1. The summed E-state index contributed by atoms with van der Waals surface area (Å²) in [5, 5.41) is 25.5. The van der Waals surface area contributed by atoms with Crippen LogP contribution in [-0.2, 0) is 14.3 Å². The number of ether oxygens (including phenoxy) is 2. The molecule has 156 valence electrons. The van der Waals surface area contributed by atoms with E-state index in [0.717, 1.165) is 6.07 Å². The molecule has 0 spiro atoms. The number of rotatable bonds is 9. The van der Waals surface area contributed by atoms with Crippen LogP contribution in [0.2, 0.25) is 0 Å². The molecule has 0 aliphatic carbocycles. The Morgan fingerprint density at radius 3 is 2.70 bits per heavy atom. The Hall–Kier alpha value is -3.97. The molecule has 0 aliphatic rings. The highest BCUT2D eigenvalue weighted by atomic mass is 16.6. The van der Waals surface area contributed by atoms with E-state index in [4.69, 9.17) is 14.7 Å². The highest BCUT2D eigenvalue weighted by Gasteiger charge is 2.23. The van der Waals surface area contributed by atoms with Crippen molar-refractivity contribution in [2.75, 3.05) is 30.9 Å². The first-order chi connectivity index (χ1) is 14.3. The van der Waals surface area contributed by atoms with Gasteiger partial charge in [0.25, 0.3) is 11.6 Å². The Kier molecular flexibility index (Phi) is 7.84. The molecule has 2 N–H and O–H groups in total. The van der Waals surface area contributed by atoms with E-state index in [1.54, 1.807) is 18.2 Å². The van der Waals surface area contributed by atoms with Crippen molar-refractivity contribution in [1.82, 2.24) is 0 Å². The number of nitrogens with zero attached hydrogens (tertiary/aromatic N) is 2. The van der Waals surface area contributed by atoms with Crippen molar-refractivity contribution in [3.8, 4) is 6.07 Å². The van der Waals surface area contributed by atoms with Crippen LogP contribution < -0.4 is 10.6 Å². The quantitative estimate of drug-likeness (QED) is 0.277. The number of benzene rings is 2. The van der Waals surface area contributed by atoms with Crippen molar-refractivity contribution in [3.05, 3.63) is 63.7 Å². The number of esters is 1. The Balaban J connectivity index is 2.14. The van der Waals surface area contributed by atoms with Crippen LogP contribution >= 0.6 is 0 Å². The smallest absolute Gasteiger partial charge is 0.341 e. The fraction of sp³-hybridized carbons (Fsp3) is 0.250. The molecule has 0 aliphatic heterocycles. The van der Waals surface area contributed by atoms with E-state index in [0.29, 0.717) is 30.1 Å². The Bertz CT molecular complexity index is 986. The minimum Gasteiger partial charge on any atom is -0.449 e. The highest BCUT2D eigenvalue weighted by molar-refractivity contribution is 6.00. The number of carbonyl (C=O) groups excluding carboxylic acids is 2. The normalized spacial score (nSPS) is 11.1. The largest absolute Gasteiger partial charge is 0.449 e. The number of non-ortho nitro benzene ring substituents is 1. The van der Waals surface area contributed by atoms with Gasteiger partial charge in [-0.2, -0.15) is 5.26 Å². The number of amides is 1. The van der Waals surface area contributed by atoms with Gasteiger partial charge in [-0.15, -0.1) is 0 Å². The van der Waals surface area contributed by atoms with Gasteiger partial charge in [-0.05, 0) is 31.2 Å². The third-order valence-corrected chi connectivity index (χ3v) is 3.97. The maximum atomic E-state index is 12.6. The summed E-state index contributed by atoms with van der Waals surface area (Å²) in [5.74, 6) is -1.51. The third kappa shape index (κ3) is 6.02. The molecule has 10 nitrogen and oxygen atoms in total. The van der Waals surface area contributed by atoms with E-state index in [1.165, 1.54) is 32.2 Å². The summed E-state index contributed by atoms with van der Waals surface area (Å²) < 4.78 is 10.1. The van der Waals surface area contributed by atoms with E-state index in [-0.39, 0.29) is 11.3 Å². The summed E-state index contributed by atoms with van der Waals surface area (Å²) in [4.78, 5) is 35.4. The van der Waals surface area contributed by atoms with Crippen LogP contribution in [0, 0.1) is 21.4 Å². The molecule has 0 saturated heterocycles. The Labute approximate surface area is 172 Å². The number of hydrogen-bond acceptors (Lipinski definition) is 8. The van der Waals surface area contributed by atoms with Crippen molar-refractivity contribution in [3.63, 3.8) is 0 Å². The second-order valence-electron chi connectivity index (χ2n) is 6.14. The van der Waals surface area contributed by atoms with E-state index in [9.17, 15) is 19.7 Å². The number of carbonyl (C=O) groups is 2. The van der Waals surface area contributed by atoms with Gasteiger partial charge in [-0.3, -0.25) is 14.9 Å². The monoisotopic (exact) mass is 412 g/mol.